The number of hydrogen-bond donors (Lipinski definition) is 0. The maximum Gasteiger partial charge on any atom is 0.136 e. The van der Waals surface area contributed by atoms with Gasteiger partial charge < -0.3 is 0 Å². The second-order valence-corrected chi connectivity index (χ2v) is 5.12. The average molecular weight is 250 g/mol. The smallest absolute Gasteiger partial charge is 0.136 e. The largest absolute Gasteiger partial charge is 0.207 e. The first-order valence-electron chi connectivity index (χ1n) is 5.33. The highest BCUT2D eigenvalue weighted by molar-refractivity contribution is 7.99. The average Bonchev–Trinajstić information content (AvgIpc) is 2.33. The lowest BCUT2D eigenvalue weighted by molar-refractivity contribution is 0.601. The Morgan fingerprint density at radius 3 is 2.24 bits per heavy atom. The number of rotatable bonds is 3. The molecule has 0 bridgehead atoms. The lowest BCUT2D eigenvalue weighted by Crippen LogP contribution is -1.90. The highest BCUT2D eigenvalue weighted by Crippen LogP contribution is 2.35. The minimum Gasteiger partial charge on any atom is -0.207 e. The molecule has 0 heterocycles. The predicted molar refractivity (Wildman–Crippen MR) is 67.1 cm³/mol. The van der Waals surface area contributed by atoms with E-state index in [4.69, 9.17) is 0 Å². The first-order chi connectivity index (χ1) is 8.16. The number of halogens is 2. The van der Waals surface area contributed by atoms with E-state index in [2.05, 4.69) is 0 Å². The van der Waals surface area contributed by atoms with Crippen LogP contribution in [0.3, 0.4) is 0 Å². The van der Waals surface area contributed by atoms with Crippen LogP contribution in [0.25, 0.3) is 0 Å². The van der Waals surface area contributed by atoms with E-state index in [1.165, 1.54) is 30.0 Å². The summed E-state index contributed by atoms with van der Waals surface area (Å²) in [6.07, 6.45) is 0. The summed E-state index contributed by atoms with van der Waals surface area (Å²) in [6, 6.07) is 13.0. The van der Waals surface area contributed by atoms with Crippen LogP contribution in [0.15, 0.2) is 53.4 Å². The summed E-state index contributed by atoms with van der Waals surface area (Å²) in [5.41, 5.74) is 0.986. The van der Waals surface area contributed by atoms with Crippen molar-refractivity contribution < 1.29 is 8.78 Å². The van der Waals surface area contributed by atoms with E-state index in [1.54, 1.807) is 24.3 Å². The van der Waals surface area contributed by atoms with Crippen molar-refractivity contribution in [3.63, 3.8) is 0 Å². The van der Waals surface area contributed by atoms with Gasteiger partial charge in [0.1, 0.15) is 11.6 Å². The Hall–Kier alpha value is -1.35. The normalized spacial score (nSPS) is 12.4. The summed E-state index contributed by atoms with van der Waals surface area (Å²) in [7, 11) is 0. The van der Waals surface area contributed by atoms with Crippen LogP contribution in [0.2, 0.25) is 0 Å². The molecule has 88 valence electrons. The Balaban J connectivity index is 2.14. The van der Waals surface area contributed by atoms with Gasteiger partial charge in [-0.05, 0) is 36.8 Å². The van der Waals surface area contributed by atoms with Crippen molar-refractivity contribution in [1.82, 2.24) is 0 Å². The van der Waals surface area contributed by atoms with Crippen molar-refractivity contribution in [2.24, 2.45) is 0 Å². The van der Waals surface area contributed by atoms with Gasteiger partial charge in [-0.2, -0.15) is 0 Å². The zero-order chi connectivity index (χ0) is 12.3. The summed E-state index contributed by atoms with van der Waals surface area (Å²) in [6.45, 7) is 1.98. The molecule has 2 aromatic carbocycles. The highest BCUT2D eigenvalue weighted by atomic mass is 32.2. The standard InChI is InChI=1S/C14H12F2S/c1-10(11-6-8-12(15)9-7-11)17-14-5-3-2-4-13(14)16/h2-10H,1H3. The number of hydrogen-bond acceptors (Lipinski definition) is 1. The van der Waals surface area contributed by atoms with Gasteiger partial charge in [0.25, 0.3) is 0 Å². The fraction of sp³-hybridized carbons (Fsp3) is 0.143. The zero-order valence-electron chi connectivity index (χ0n) is 9.36. The molecule has 0 radical (unpaired) electrons. The molecule has 0 amide bonds. The van der Waals surface area contributed by atoms with Crippen LogP contribution >= 0.6 is 11.8 Å². The lowest BCUT2D eigenvalue weighted by Gasteiger charge is -2.12. The Labute approximate surface area is 104 Å². The quantitative estimate of drug-likeness (QED) is 0.704. The second-order valence-electron chi connectivity index (χ2n) is 3.74. The third kappa shape index (κ3) is 3.07. The Morgan fingerprint density at radius 2 is 1.59 bits per heavy atom. The lowest BCUT2D eigenvalue weighted by atomic mass is 10.2. The van der Waals surface area contributed by atoms with Gasteiger partial charge in [0.2, 0.25) is 0 Å². The van der Waals surface area contributed by atoms with Gasteiger partial charge in [-0.15, -0.1) is 11.8 Å². The summed E-state index contributed by atoms with van der Waals surface area (Å²) in [4.78, 5) is 0.615. The van der Waals surface area contributed by atoms with Crippen LogP contribution in [-0.4, -0.2) is 0 Å². The maximum atomic E-state index is 13.4. The topological polar surface area (TPSA) is 0 Å². The summed E-state index contributed by atoms with van der Waals surface area (Å²) >= 11 is 1.43. The maximum absolute atomic E-state index is 13.4. The molecular formula is C14H12F2S. The minimum absolute atomic E-state index is 0.0903. The molecule has 17 heavy (non-hydrogen) atoms. The van der Waals surface area contributed by atoms with Crippen LogP contribution in [-0.2, 0) is 0 Å². The third-order valence-electron chi connectivity index (χ3n) is 2.48. The van der Waals surface area contributed by atoms with Crippen LogP contribution in [0.4, 0.5) is 8.78 Å². The molecule has 2 rings (SSSR count). The summed E-state index contributed by atoms with van der Waals surface area (Å²) < 4.78 is 26.2. The van der Waals surface area contributed by atoms with Crippen LogP contribution < -0.4 is 0 Å². The fourth-order valence-electron chi connectivity index (χ4n) is 1.53. The van der Waals surface area contributed by atoms with Crippen LogP contribution in [0.1, 0.15) is 17.7 Å². The van der Waals surface area contributed by atoms with E-state index in [1.807, 2.05) is 13.0 Å². The van der Waals surface area contributed by atoms with Crippen molar-refractivity contribution in [2.75, 3.05) is 0 Å². The van der Waals surface area contributed by atoms with E-state index in [9.17, 15) is 8.78 Å². The van der Waals surface area contributed by atoms with Gasteiger partial charge in [-0.3, -0.25) is 0 Å². The molecule has 0 fully saturated rings. The molecule has 0 N–H and O–H groups in total. The molecule has 0 saturated heterocycles. The van der Waals surface area contributed by atoms with Gasteiger partial charge in [0, 0.05) is 10.1 Å². The molecule has 0 aliphatic heterocycles. The van der Waals surface area contributed by atoms with Gasteiger partial charge in [0.05, 0.1) is 0 Å². The zero-order valence-corrected chi connectivity index (χ0v) is 10.2. The van der Waals surface area contributed by atoms with Gasteiger partial charge >= 0.3 is 0 Å². The van der Waals surface area contributed by atoms with Gasteiger partial charge in [-0.1, -0.05) is 24.3 Å². The van der Waals surface area contributed by atoms with Crippen molar-refractivity contribution in [3.05, 3.63) is 65.7 Å². The molecule has 0 saturated carbocycles. The monoisotopic (exact) mass is 250 g/mol. The molecular weight excluding hydrogens is 238 g/mol. The fourth-order valence-corrected chi connectivity index (χ4v) is 2.54. The van der Waals surface area contributed by atoms with Gasteiger partial charge in [-0.25, -0.2) is 8.78 Å². The Kier molecular flexibility index (Phi) is 3.79. The first-order valence-corrected chi connectivity index (χ1v) is 6.21. The Morgan fingerprint density at radius 1 is 0.941 bits per heavy atom. The molecule has 2 aromatic rings. The van der Waals surface area contributed by atoms with Crippen molar-refractivity contribution in [3.8, 4) is 0 Å². The molecule has 0 nitrogen and oxygen atoms in total. The van der Waals surface area contributed by atoms with E-state index < -0.39 is 0 Å². The van der Waals surface area contributed by atoms with Crippen molar-refractivity contribution in [2.45, 2.75) is 17.1 Å². The molecule has 0 aliphatic carbocycles. The van der Waals surface area contributed by atoms with Crippen LogP contribution in [0.5, 0.6) is 0 Å². The number of benzene rings is 2. The van der Waals surface area contributed by atoms with E-state index in [-0.39, 0.29) is 16.9 Å². The van der Waals surface area contributed by atoms with E-state index in [0.29, 0.717) is 4.90 Å². The predicted octanol–water partition coefficient (Wildman–Crippen LogP) is 4.82. The van der Waals surface area contributed by atoms with Gasteiger partial charge in [0.15, 0.2) is 0 Å². The van der Waals surface area contributed by atoms with Crippen molar-refractivity contribution in [1.29, 1.82) is 0 Å². The molecule has 1 unspecified atom stereocenters. The van der Waals surface area contributed by atoms with E-state index in [0.717, 1.165) is 5.56 Å². The second kappa shape index (κ2) is 5.32. The molecule has 0 aromatic heterocycles. The molecule has 3 heteroatoms. The Bertz CT molecular complexity index is 494. The third-order valence-corrected chi connectivity index (χ3v) is 3.69. The summed E-state index contributed by atoms with van der Waals surface area (Å²) in [5.74, 6) is -0.469. The van der Waals surface area contributed by atoms with E-state index >= 15 is 0 Å². The SMILES string of the molecule is CC(Sc1ccccc1F)c1ccc(F)cc1. The first kappa shape index (κ1) is 12.1. The van der Waals surface area contributed by atoms with Crippen LogP contribution in [0, 0.1) is 11.6 Å². The summed E-state index contributed by atoms with van der Waals surface area (Å²) in [5, 5.41) is 0.0903. The molecule has 0 aliphatic rings. The molecule has 0 spiro atoms. The highest BCUT2D eigenvalue weighted by Gasteiger charge is 2.10. The minimum atomic E-state index is -0.253. The molecule has 1 atom stereocenters. The van der Waals surface area contributed by atoms with Crippen molar-refractivity contribution >= 4 is 11.8 Å². The number of thioether (sulfide) groups is 1.